The summed E-state index contributed by atoms with van der Waals surface area (Å²) < 4.78 is 57.7. The third-order valence-corrected chi connectivity index (χ3v) is 6.37. The van der Waals surface area contributed by atoms with E-state index in [0.717, 1.165) is 16.8 Å². The average molecular weight is 594 g/mol. The maximum absolute atomic E-state index is 14.2. The molecule has 2 aromatic carbocycles. The largest absolute Gasteiger partial charge is 0.304 e. The molecular formula is C24H14BrClF4N6O. The molecule has 0 fully saturated rings. The van der Waals surface area contributed by atoms with Crippen LogP contribution in [-0.4, -0.2) is 30.3 Å². The van der Waals surface area contributed by atoms with E-state index in [4.69, 9.17) is 11.6 Å². The highest BCUT2D eigenvalue weighted by atomic mass is 79.9. The van der Waals surface area contributed by atoms with Gasteiger partial charge in [0.1, 0.15) is 22.9 Å². The number of aromatic nitrogens is 5. The SMILES string of the molecule is O=C(Nc1nn(Cc2c(F)cccc2Cl)cc1Br)c1cnn2c(C(F)F)cc(-c3ccc(F)cc3)nc12. The number of nitrogens with zero attached hydrogens (tertiary/aromatic N) is 5. The number of benzene rings is 2. The van der Waals surface area contributed by atoms with Crippen molar-refractivity contribution in [3.8, 4) is 11.3 Å². The second-order valence-electron chi connectivity index (χ2n) is 7.85. The van der Waals surface area contributed by atoms with Crippen molar-refractivity contribution in [1.29, 1.82) is 0 Å². The summed E-state index contributed by atoms with van der Waals surface area (Å²) in [7, 11) is 0. The van der Waals surface area contributed by atoms with Crippen LogP contribution in [0.15, 0.2) is 65.4 Å². The predicted molar refractivity (Wildman–Crippen MR) is 132 cm³/mol. The molecule has 0 aliphatic carbocycles. The molecule has 3 aromatic heterocycles. The monoisotopic (exact) mass is 592 g/mol. The zero-order valence-corrected chi connectivity index (χ0v) is 20.8. The Labute approximate surface area is 219 Å². The van der Waals surface area contributed by atoms with Gasteiger partial charge >= 0.3 is 0 Å². The van der Waals surface area contributed by atoms with Gasteiger partial charge in [-0.25, -0.2) is 27.1 Å². The first-order valence-electron chi connectivity index (χ1n) is 10.6. The molecule has 0 unspecified atom stereocenters. The highest BCUT2D eigenvalue weighted by molar-refractivity contribution is 9.10. The Hall–Kier alpha value is -3.77. The summed E-state index contributed by atoms with van der Waals surface area (Å²) in [6, 6.07) is 10.6. The lowest BCUT2D eigenvalue weighted by Crippen LogP contribution is -2.14. The third-order valence-electron chi connectivity index (χ3n) is 5.44. The minimum Gasteiger partial charge on any atom is -0.304 e. The van der Waals surface area contributed by atoms with Crippen LogP contribution >= 0.6 is 27.5 Å². The van der Waals surface area contributed by atoms with Gasteiger partial charge in [-0.1, -0.05) is 17.7 Å². The van der Waals surface area contributed by atoms with Gasteiger partial charge in [-0.3, -0.25) is 9.48 Å². The fourth-order valence-corrected chi connectivity index (χ4v) is 4.29. The van der Waals surface area contributed by atoms with E-state index >= 15 is 0 Å². The highest BCUT2D eigenvalue weighted by Crippen LogP contribution is 2.28. The van der Waals surface area contributed by atoms with Gasteiger partial charge < -0.3 is 5.32 Å². The molecule has 7 nitrogen and oxygen atoms in total. The molecule has 0 bridgehead atoms. The molecule has 5 rings (SSSR count). The zero-order chi connectivity index (χ0) is 26.3. The van der Waals surface area contributed by atoms with Crippen LogP contribution in [0.4, 0.5) is 23.4 Å². The first-order valence-corrected chi connectivity index (χ1v) is 11.8. The van der Waals surface area contributed by atoms with E-state index in [1.165, 1.54) is 47.3 Å². The van der Waals surface area contributed by atoms with Gasteiger partial charge in [0, 0.05) is 22.3 Å². The van der Waals surface area contributed by atoms with Crippen molar-refractivity contribution in [2.45, 2.75) is 13.0 Å². The number of halogens is 6. The number of anilines is 1. The molecule has 37 heavy (non-hydrogen) atoms. The molecule has 0 radical (unpaired) electrons. The van der Waals surface area contributed by atoms with Crippen molar-refractivity contribution in [1.82, 2.24) is 24.4 Å². The maximum Gasteiger partial charge on any atom is 0.280 e. The quantitative estimate of drug-likeness (QED) is 0.227. The zero-order valence-electron chi connectivity index (χ0n) is 18.5. The number of carbonyl (C=O) groups is 1. The summed E-state index contributed by atoms with van der Waals surface area (Å²) >= 11 is 9.38. The molecule has 0 atom stereocenters. The lowest BCUT2D eigenvalue weighted by molar-refractivity contribution is 0.102. The van der Waals surface area contributed by atoms with Crippen molar-refractivity contribution in [2.24, 2.45) is 0 Å². The molecule has 3 heterocycles. The number of alkyl halides is 2. The summed E-state index contributed by atoms with van der Waals surface area (Å²) in [5, 5.41) is 11.0. The fourth-order valence-electron chi connectivity index (χ4n) is 3.65. The molecule has 0 spiro atoms. The first-order chi connectivity index (χ1) is 17.7. The van der Waals surface area contributed by atoms with Crippen LogP contribution in [0, 0.1) is 11.6 Å². The number of hydrogen-bond donors (Lipinski definition) is 1. The van der Waals surface area contributed by atoms with E-state index in [1.54, 1.807) is 6.07 Å². The molecule has 0 aliphatic rings. The van der Waals surface area contributed by atoms with E-state index in [-0.39, 0.29) is 39.9 Å². The van der Waals surface area contributed by atoms with Gasteiger partial charge in [0.2, 0.25) is 0 Å². The van der Waals surface area contributed by atoms with E-state index in [1.807, 2.05) is 0 Å². The normalized spacial score (nSPS) is 11.4. The van der Waals surface area contributed by atoms with Crippen LogP contribution in [0.3, 0.4) is 0 Å². The van der Waals surface area contributed by atoms with E-state index in [0.29, 0.717) is 10.0 Å². The van der Waals surface area contributed by atoms with Crippen LogP contribution in [0.1, 0.15) is 28.0 Å². The minimum absolute atomic E-state index is 0.00295. The first kappa shape index (κ1) is 24.9. The van der Waals surface area contributed by atoms with Crippen LogP contribution in [0.2, 0.25) is 5.02 Å². The van der Waals surface area contributed by atoms with Gasteiger partial charge in [-0.2, -0.15) is 10.2 Å². The van der Waals surface area contributed by atoms with Crippen molar-refractivity contribution >= 4 is 44.9 Å². The number of carbonyl (C=O) groups excluding carboxylic acids is 1. The Kier molecular flexibility index (Phi) is 6.69. The van der Waals surface area contributed by atoms with Crippen molar-refractivity contribution in [3.63, 3.8) is 0 Å². The van der Waals surface area contributed by atoms with Crippen LogP contribution in [-0.2, 0) is 6.54 Å². The van der Waals surface area contributed by atoms with Gasteiger partial charge in [0.05, 0.1) is 22.9 Å². The summed E-state index contributed by atoms with van der Waals surface area (Å²) in [5.41, 5.74) is 0.0105. The van der Waals surface area contributed by atoms with Crippen molar-refractivity contribution < 1.29 is 22.4 Å². The number of nitrogens with one attached hydrogen (secondary N) is 1. The van der Waals surface area contributed by atoms with E-state index in [9.17, 15) is 22.4 Å². The lowest BCUT2D eigenvalue weighted by Gasteiger charge is -2.09. The number of amides is 1. The lowest BCUT2D eigenvalue weighted by atomic mass is 10.1. The van der Waals surface area contributed by atoms with Crippen LogP contribution in [0.5, 0.6) is 0 Å². The van der Waals surface area contributed by atoms with Crippen molar-refractivity contribution in [3.05, 3.63) is 98.9 Å². The molecule has 188 valence electrons. The summed E-state index contributed by atoms with van der Waals surface area (Å²) in [5.74, 6) is -1.62. The summed E-state index contributed by atoms with van der Waals surface area (Å²) in [4.78, 5) is 17.4. The molecule has 13 heteroatoms. The molecule has 0 saturated heterocycles. The number of hydrogen-bond acceptors (Lipinski definition) is 4. The standard InChI is InChI=1S/C24H14BrClF4N6O/c25-16-11-35(10-15-17(26)2-1-3-18(15)28)34-22(16)33-24(37)14-9-31-36-20(21(29)30)8-19(32-23(14)36)12-4-6-13(27)7-5-12/h1-9,11,21H,10H2,(H,33,34,37). The predicted octanol–water partition coefficient (Wildman–Crippen LogP) is 6.53. The van der Waals surface area contributed by atoms with E-state index < -0.39 is 29.7 Å². The molecule has 0 saturated carbocycles. The van der Waals surface area contributed by atoms with Gasteiger partial charge in [0.25, 0.3) is 12.3 Å². The average Bonchev–Trinajstić information content (AvgIpc) is 3.44. The molecule has 0 aliphatic heterocycles. The van der Waals surface area contributed by atoms with Crippen LogP contribution < -0.4 is 5.32 Å². The maximum atomic E-state index is 14.2. The van der Waals surface area contributed by atoms with Crippen molar-refractivity contribution in [2.75, 3.05) is 5.32 Å². The highest BCUT2D eigenvalue weighted by Gasteiger charge is 2.23. The second kappa shape index (κ2) is 9.94. The minimum atomic E-state index is -2.92. The topological polar surface area (TPSA) is 77.1 Å². The Balaban J connectivity index is 1.47. The molecule has 5 aromatic rings. The third kappa shape index (κ3) is 4.94. The molecule has 1 amide bonds. The summed E-state index contributed by atoms with van der Waals surface area (Å²) in [6.07, 6.45) is -0.286. The Bertz CT molecular complexity index is 1620. The van der Waals surface area contributed by atoms with Gasteiger partial charge in [-0.15, -0.1) is 0 Å². The van der Waals surface area contributed by atoms with Gasteiger partial charge in [-0.05, 0) is 58.4 Å². The summed E-state index contributed by atoms with van der Waals surface area (Å²) in [6.45, 7) is -0.00295. The van der Waals surface area contributed by atoms with E-state index in [2.05, 4.69) is 36.4 Å². The Morgan fingerprint density at radius 2 is 1.89 bits per heavy atom. The smallest absolute Gasteiger partial charge is 0.280 e. The molecule has 1 N–H and O–H groups in total. The number of rotatable bonds is 6. The van der Waals surface area contributed by atoms with Gasteiger partial charge in [0.15, 0.2) is 11.5 Å². The Morgan fingerprint density at radius 3 is 2.59 bits per heavy atom. The van der Waals surface area contributed by atoms with Crippen LogP contribution in [0.25, 0.3) is 16.9 Å². The fraction of sp³-hybridized carbons (Fsp3) is 0.0833. The number of fused-ring (bicyclic) bond motifs is 1. The second-order valence-corrected chi connectivity index (χ2v) is 9.11. The molecular weight excluding hydrogens is 580 g/mol. The Morgan fingerprint density at radius 1 is 1.14 bits per heavy atom.